The second-order valence-corrected chi connectivity index (χ2v) is 5.16. The molecule has 0 N–H and O–H groups in total. The van der Waals surface area contributed by atoms with E-state index in [1.807, 2.05) is 4.90 Å². The standard InChI is InChI=1S/C13H15F3N2/c14-9-7-10(15)13(17-12(9)16)18-6-2-4-8-3-1-5-11(8)18/h7-8,11H,1-6H2. The van der Waals surface area contributed by atoms with Crippen LogP contribution in [0.25, 0.3) is 0 Å². The Morgan fingerprint density at radius 2 is 1.83 bits per heavy atom. The van der Waals surface area contributed by atoms with E-state index in [9.17, 15) is 13.2 Å². The van der Waals surface area contributed by atoms with Crippen molar-refractivity contribution in [2.75, 3.05) is 11.4 Å². The Kier molecular flexibility index (Phi) is 2.92. The molecule has 2 heterocycles. The van der Waals surface area contributed by atoms with Gasteiger partial charge in [-0.15, -0.1) is 0 Å². The van der Waals surface area contributed by atoms with Crippen LogP contribution < -0.4 is 4.90 Å². The van der Waals surface area contributed by atoms with Crippen LogP contribution in [0.15, 0.2) is 6.07 Å². The molecule has 2 nitrogen and oxygen atoms in total. The molecular weight excluding hydrogens is 241 g/mol. The fourth-order valence-corrected chi connectivity index (χ4v) is 3.35. The van der Waals surface area contributed by atoms with E-state index in [1.54, 1.807) is 0 Å². The molecule has 1 aromatic heterocycles. The van der Waals surface area contributed by atoms with Gasteiger partial charge < -0.3 is 4.90 Å². The molecule has 1 aromatic rings. The van der Waals surface area contributed by atoms with Gasteiger partial charge in [0.05, 0.1) is 0 Å². The number of halogens is 3. The number of fused-ring (bicyclic) bond motifs is 1. The van der Waals surface area contributed by atoms with Crippen molar-refractivity contribution < 1.29 is 13.2 Å². The van der Waals surface area contributed by atoms with Gasteiger partial charge >= 0.3 is 0 Å². The number of nitrogens with zero attached hydrogens (tertiary/aromatic N) is 2. The van der Waals surface area contributed by atoms with Crippen LogP contribution in [0, 0.1) is 23.5 Å². The van der Waals surface area contributed by atoms with E-state index in [0.717, 1.165) is 32.1 Å². The molecule has 1 saturated heterocycles. The SMILES string of the molecule is Fc1cc(F)c(N2CCCC3CCCC32)nc1F. The number of hydrogen-bond donors (Lipinski definition) is 0. The molecule has 2 atom stereocenters. The van der Waals surface area contributed by atoms with Crippen molar-refractivity contribution in [2.45, 2.75) is 38.1 Å². The van der Waals surface area contributed by atoms with E-state index in [-0.39, 0.29) is 11.9 Å². The molecule has 0 aromatic carbocycles. The van der Waals surface area contributed by atoms with Crippen LogP contribution >= 0.6 is 0 Å². The summed E-state index contributed by atoms with van der Waals surface area (Å²) in [5.41, 5.74) is 0. The van der Waals surface area contributed by atoms with Gasteiger partial charge in [-0.25, -0.2) is 8.78 Å². The van der Waals surface area contributed by atoms with Crippen LogP contribution in [-0.4, -0.2) is 17.6 Å². The third-order valence-corrected chi connectivity index (χ3v) is 4.13. The first-order valence-corrected chi connectivity index (χ1v) is 6.45. The Morgan fingerprint density at radius 3 is 2.67 bits per heavy atom. The van der Waals surface area contributed by atoms with Gasteiger partial charge in [0.2, 0.25) is 0 Å². The largest absolute Gasteiger partial charge is 0.351 e. The van der Waals surface area contributed by atoms with Crippen LogP contribution in [0.3, 0.4) is 0 Å². The summed E-state index contributed by atoms with van der Waals surface area (Å²) in [7, 11) is 0. The lowest BCUT2D eigenvalue weighted by atomic mass is 9.92. The van der Waals surface area contributed by atoms with Crippen molar-refractivity contribution in [1.82, 2.24) is 4.98 Å². The first-order valence-electron chi connectivity index (χ1n) is 6.45. The van der Waals surface area contributed by atoms with E-state index in [1.165, 1.54) is 0 Å². The molecule has 18 heavy (non-hydrogen) atoms. The van der Waals surface area contributed by atoms with Crippen molar-refractivity contribution in [1.29, 1.82) is 0 Å². The Hall–Kier alpha value is -1.26. The van der Waals surface area contributed by atoms with Crippen LogP contribution in [0.5, 0.6) is 0 Å². The van der Waals surface area contributed by atoms with Gasteiger partial charge in [0.1, 0.15) is 0 Å². The smallest absolute Gasteiger partial charge is 0.251 e. The van der Waals surface area contributed by atoms with Gasteiger partial charge in [-0.1, -0.05) is 6.42 Å². The molecule has 1 aliphatic heterocycles. The number of pyridine rings is 1. The predicted molar refractivity (Wildman–Crippen MR) is 61.8 cm³/mol. The monoisotopic (exact) mass is 256 g/mol. The molecule has 3 rings (SSSR count). The summed E-state index contributed by atoms with van der Waals surface area (Å²) >= 11 is 0. The van der Waals surface area contributed by atoms with Crippen LogP contribution in [0.4, 0.5) is 19.0 Å². The molecular formula is C13H15F3N2. The Morgan fingerprint density at radius 1 is 1.06 bits per heavy atom. The zero-order chi connectivity index (χ0) is 12.7. The normalized spacial score (nSPS) is 27.4. The quantitative estimate of drug-likeness (QED) is 0.717. The predicted octanol–water partition coefficient (Wildman–Crippen LogP) is 3.27. The molecule has 0 spiro atoms. The van der Waals surface area contributed by atoms with E-state index in [2.05, 4.69) is 4.98 Å². The summed E-state index contributed by atoms with van der Waals surface area (Å²) in [4.78, 5) is 5.30. The number of rotatable bonds is 1. The lowest BCUT2D eigenvalue weighted by molar-refractivity contribution is 0.354. The van der Waals surface area contributed by atoms with Gasteiger partial charge in [-0.05, 0) is 31.6 Å². The zero-order valence-corrected chi connectivity index (χ0v) is 10.0. The maximum absolute atomic E-state index is 13.8. The molecule has 0 radical (unpaired) electrons. The molecule has 2 unspecified atom stereocenters. The average molecular weight is 256 g/mol. The van der Waals surface area contributed by atoms with Crippen molar-refractivity contribution >= 4 is 5.82 Å². The fraction of sp³-hybridized carbons (Fsp3) is 0.615. The summed E-state index contributed by atoms with van der Waals surface area (Å²) in [6.07, 6.45) is 5.36. The summed E-state index contributed by atoms with van der Waals surface area (Å²) < 4.78 is 39.8. The van der Waals surface area contributed by atoms with E-state index in [4.69, 9.17) is 0 Å². The van der Waals surface area contributed by atoms with Gasteiger partial charge in [0.25, 0.3) is 5.95 Å². The highest BCUT2D eigenvalue weighted by atomic mass is 19.2. The van der Waals surface area contributed by atoms with E-state index in [0.29, 0.717) is 18.5 Å². The Labute approximate surface area is 104 Å². The molecule has 0 amide bonds. The average Bonchev–Trinajstić information content (AvgIpc) is 2.82. The number of hydrogen-bond acceptors (Lipinski definition) is 2. The van der Waals surface area contributed by atoms with Crippen molar-refractivity contribution in [3.63, 3.8) is 0 Å². The Balaban J connectivity index is 1.96. The topological polar surface area (TPSA) is 16.1 Å². The summed E-state index contributed by atoms with van der Waals surface area (Å²) in [5, 5.41) is 0. The number of aromatic nitrogens is 1. The minimum atomic E-state index is -1.23. The highest BCUT2D eigenvalue weighted by Gasteiger charge is 2.36. The minimum absolute atomic E-state index is 0.0227. The molecule has 5 heteroatoms. The van der Waals surface area contributed by atoms with Crippen molar-refractivity contribution in [3.8, 4) is 0 Å². The van der Waals surface area contributed by atoms with Crippen molar-refractivity contribution in [3.05, 3.63) is 23.6 Å². The van der Waals surface area contributed by atoms with Crippen LogP contribution in [-0.2, 0) is 0 Å². The van der Waals surface area contributed by atoms with Gasteiger partial charge in [0, 0.05) is 18.7 Å². The van der Waals surface area contributed by atoms with Gasteiger partial charge in [0.15, 0.2) is 17.5 Å². The first-order chi connectivity index (χ1) is 8.66. The van der Waals surface area contributed by atoms with Crippen LogP contribution in [0.2, 0.25) is 0 Å². The maximum Gasteiger partial charge on any atom is 0.251 e. The molecule has 2 fully saturated rings. The number of piperidine rings is 1. The minimum Gasteiger partial charge on any atom is -0.351 e. The fourth-order valence-electron chi connectivity index (χ4n) is 3.35. The number of anilines is 1. The molecule has 2 aliphatic rings. The second-order valence-electron chi connectivity index (χ2n) is 5.16. The third-order valence-electron chi connectivity index (χ3n) is 4.13. The molecule has 0 bridgehead atoms. The summed E-state index contributed by atoms with van der Waals surface area (Å²) in [6, 6.07) is 0.835. The highest BCUT2D eigenvalue weighted by molar-refractivity contribution is 5.42. The third kappa shape index (κ3) is 1.85. The van der Waals surface area contributed by atoms with E-state index < -0.39 is 17.6 Å². The first kappa shape index (κ1) is 11.8. The molecule has 1 aliphatic carbocycles. The summed E-state index contributed by atoms with van der Waals surface area (Å²) in [6.45, 7) is 0.677. The highest BCUT2D eigenvalue weighted by Crippen LogP contribution is 2.39. The van der Waals surface area contributed by atoms with Gasteiger partial charge in [-0.2, -0.15) is 9.37 Å². The van der Waals surface area contributed by atoms with E-state index >= 15 is 0 Å². The lowest BCUT2D eigenvalue weighted by Crippen LogP contribution is -2.43. The zero-order valence-electron chi connectivity index (χ0n) is 10.0. The Bertz CT molecular complexity index is 464. The van der Waals surface area contributed by atoms with Gasteiger partial charge in [-0.3, -0.25) is 0 Å². The lowest BCUT2D eigenvalue weighted by Gasteiger charge is -2.38. The van der Waals surface area contributed by atoms with Crippen molar-refractivity contribution in [2.24, 2.45) is 5.92 Å². The summed E-state index contributed by atoms with van der Waals surface area (Å²) in [5.74, 6) is -2.68. The molecule has 1 saturated carbocycles. The second kappa shape index (κ2) is 4.44. The molecule has 98 valence electrons. The van der Waals surface area contributed by atoms with Crippen LogP contribution in [0.1, 0.15) is 32.1 Å². The maximum atomic E-state index is 13.8.